The number of amides is 1. The van der Waals surface area contributed by atoms with Gasteiger partial charge < -0.3 is 9.32 Å². The van der Waals surface area contributed by atoms with Crippen molar-refractivity contribution in [3.63, 3.8) is 0 Å². The maximum Gasteiger partial charge on any atom is 0.290 e. The number of aromatic nitrogens is 3. The van der Waals surface area contributed by atoms with Crippen LogP contribution in [0.2, 0.25) is 0 Å². The van der Waals surface area contributed by atoms with Crippen molar-refractivity contribution < 1.29 is 9.21 Å². The largest absolute Gasteiger partial charge is 0.459 e. The van der Waals surface area contributed by atoms with E-state index < -0.39 is 0 Å². The van der Waals surface area contributed by atoms with E-state index in [1.807, 2.05) is 4.90 Å². The van der Waals surface area contributed by atoms with Crippen LogP contribution in [0.5, 0.6) is 0 Å². The molecule has 0 radical (unpaired) electrons. The van der Waals surface area contributed by atoms with Crippen LogP contribution in [0.3, 0.4) is 0 Å². The maximum atomic E-state index is 12.6. The molecule has 2 fully saturated rings. The molecule has 3 heterocycles. The first-order valence-corrected chi connectivity index (χ1v) is 7.59. The Balaban J connectivity index is 1.59. The van der Waals surface area contributed by atoms with Crippen molar-refractivity contribution in [2.45, 2.75) is 44.1 Å². The summed E-state index contributed by atoms with van der Waals surface area (Å²) in [7, 11) is 0. The number of aromatic amines is 1. The highest BCUT2D eigenvalue weighted by Crippen LogP contribution is 2.39. The number of nitrogens with one attached hydrogen (secondary N) is 1. The molecule has 6 nitrogen and oxygen atoms in total. The van der Waals surface area contributed by atoms with E-state index in [1.54, 1.807) is 12.1 Å². The second kappa shape index (κ2) is 5.02. The van der Waals surface area contributed by atoms with Gasteiger partial charge in [0.15, 0.2) is 11.6 Å². The first-order valence-electron chi connectivity index (χ1n) is 7.59. The van der Waals surface area contributed by atoms with Crippen LogP contribution in [-0.2, 0) is 0 Å². The minimum atomic E-state index is -0.0610. The van der Waals surface area contributed by atoms with Crippen molar-refractivity contribution in [1.29, 1.82) is 0 Å². The summed E-state index contributed by atoms with van der Waals surface area (Å²) in [6.07, 6.45) is 6.93. The molecule has 6 heteroatoms. The number of H-pyrrole nitrogens is 1. The second-order valence-corrected chi connectivity index (χ2v) is 5.84. The van der Waals surface area contributed by atoms with Gasteiger partial charge in [-0.1, -0.05) is 0 Å². The Labute approximate surface area is 122 Å². The molecule has 1 saturated carbocycles. The quantitative estimate of drug-likeness (QED) is 0.941. The van der Waals surface area contributed by atoms with Gasteiger partial charge in [-0.2, -0.15) is 5.10 Å². The van der Waals surface area contributed by atoms with Crippen LogP contribution >= 0.6 is 0 Å². The van der Waals surface area contributed by atoms with E-state index in [0.717, 1.165) is 37.5 Å². The normalized spacial score (nSPS) is 22.5. The van der Waals surface area contributed by atoms with Crippen molar-refractivity contribution in [2.24, 2.45) is 0 Å². The van der Waals surface area contributed by atoms with Gasteiger partial charge in [0.1, 0.15) is 5.82 Å². The van der Waals surface area contributed by atoms with Gasteiger partial charge in [-0.05, 0) is 44.2 Å². The number of nitrogens with zero attached hydrogens (tertiary/aromatic N) is 3. The van der Waals surface area contributed by atoms with Crippen LogP contribution in [0.25, 0.3) is 0 Å². The number of carbonyl (C=O) groups is 1. The molecule has 1 unspecified atom stereocenters. The Morgan fingerprint density at radius 1 is 1.33 bits per heavy atom. The third kappa shape index (κ3) is 2.34. The fraction of sp³-hybridized carbons (Fsp3) is 0.533. The van der Waals surface area contributed by atoms with Gasteiger partial charge >= 0.3 is 0 Å². The fourth-order valence-corrected chi connectivity index (χ4v) is 2.96. The first kappa shape index (κ1) is 12.6. The molecule has 0 spiro atoms. The maximum absolute atomic E-state index is 12.6. The summed E-state index contributed by atoms with van der Waals surface area (Å²) in [4.78, 5) is 19.0. The predicted molar refractivity (Wildman–Crippen MR) is 74.7 cm³/mol. The summed E-state index contributed by atoms with van der Waals surface area (Å²) in [5, 5.41) is 7.35. The Kier molecular flexibility index (Phi) is 3.02. The standard InChI is InChI=1S/C15H18N4O2/c20-15(12-5-3-9-21-12)19-8-2-1-4-11(19)14-16-13(17-18-14)10-6-7-10/h3,5,9-11H,1-2,4,6-8H2,(H,16,17,18). The van der Waals surface area contributed by atoms with Gasteiger partial charge in [-0.25, -0.2) is 4.98 Å². The summed E-state index contributed by atoms with van der Waals surface area (Å²) in [5.41, 5.74) is 0. The van der Waals surface area contributed by atoms with Crippen LogP contribution in [0, 0.1) is 0 Å². The minimum Gasteiger partial charge on any atom is -0.459 e. The van der Waals surface area contributed by atoms with Gasteiger partial charge in [-0.3, -0.25) is 9.89 Å². The predicted octanol–water partition coefficient (Wildman–Crippen LogP) is 2.64. The van der Waals surface area contributed by atoms with Gasteiger partial charge in [0, 0.05) is 12.5 Å². The lowest BCUT2D eigenvalue weighted by Gasteiger charge is -2.33. The average molecular weight is 286 g/mol. The molecule has 0 aromatic carbocycles. The molecule has 0 bridgehead atoms. The molecule has 2 aromatic heterocycles. The SMILES string of the molecule is O=C(c1ccco1)N1CCCCC1c1nc(C2CC2)n[nH]1. The van der Waals surface area contributed by atoms with Crippen LogP contribution in [0.4, 0.5) is 0 Å². The minimum absolute atomic E-state index is 0.0173. The lowest BCUT2D eigenvalue weighted by atomic mass is 10.0. The number of likely N-dealkylation sites (tertiary alicyclic amines) is 1. The zero-order chi connectivity index (χ0) is 14.2. The van der Waals surface area contributed by atoms with Crippen molar-refractivity contribution >= 4 is 5.91 Å². The Bertz CT molecular complexity index is 630. The zero-order valence-electron chi connectivity index (χ0n) is 11.8. The number of rotatable bonds is 3. The number of hydrogen-bond acceptors (Lipinski definition) is 4. The lowest BCUT2D eigenvalue weighted by molar-refractivity contribution is 0.0568. The van der Waals surface area contributed by atoms with Crippen molar-refractivity contribution in [3.8, 4) is 0 Å². The molecule has 1 aliphatic carbocycles. The van der Waals surface area contributed by atoms with Crippen LogP contribution < -0.4 is 0 Å². The molecule has 1 saturated heterocycles. The van der Waals surface area contributed by atoms with Crippen LogP contribution in [0.1, 0.15) is 66.3 Å². The van der Waals surface area contributed by atoms with Gasteiger partial charge in [0.05, 0.1) is 12.3 Å². The smallest absolute Gasteiger partial charge is 0.290 e. The molecule has 110 valence electrons. The summed E-state index contributed by atoms with van der Waals surface area (Å²) in [5.74, 6) is 2.57. The molecule has 1 aliphatic heterocycles. The summed E-state index contributed by atoms with van der Waals surface area (Å²) < 4.78 is 5.25. The third-order valence-electron chi connectivity index (χ3n) is 4.27. The van der Waals surface area contributed by atoms with E-state index in [2.05, 4.69) is 15.2 Å². The second-order valence-electron chi connectivity index (χ2n) is 5.84. The van der Waals surface area contributed by atoms with Crippen molar-refractivity contribution in [1.82, 2.24) is 20.1 Å². The summed E-state index contributed by atoms with van der Waals surface area (Å²) in [6.45, 7) is 0.740. The summed E-state index contributed by atoms with van der Waals surface area (Å²) in [6, 6.07) is 3.44. The Morgan fingerprint density at radius 2 is 2.24 bits per heavy atom. The summed E-state index contributed by atoms with van der Waals surface area (Å²) >= 11 is 0. The van der Waals surface area contributed by atoms with E-state index in [0.29, 0.717) is 11.7 Å². The molecule has 2 aromatic rings. The highest BCUT2D eigenvalue weighted by Gasteiger charge is 2.34. The number of carbonyl (C=O) groups excluding carboxylic acids is 1. The van der Waals surface area contributed by atoms with Gasteiger partial charge in [0.2, 0.25) is 0 Å². The number of hydrogen-bond donors (Lipinski definition) is 1. The molecule has 4 rings (SSSR count). The van der Waals surface area contributed by atoms with Crippen molar-refractivity contribution in [3.05, 3.63) is 35.8 Å². The molecule has 21 heavy (non-hydrogen) atoms. The lowest BCUT2D eigenvalue weighted by Crippen LogP contribution is -2.38. The molecule has 1 N–H and O–H groups in total. The Morgan fingerprint density at radius 3 is 3.00 bits per heavy atom. The van der Waals surface area contributed by atoms with E-state index in [1.165, 1.54) is 19.1 Å². The molecular weight excluding hydrogens is 268 g/mol. The van der Waals surface area contributed by atoms with Gasteiger partial charge in [0.25, 0.3) is 5.91 Å². The highest BCUT2D eigenvalue weighted by molar-refractivity contribution is 5.91. The van der Waals surface area contributed by atoms with Crippen LogP contribution in [-0.4, -0.2) is 32.5 Å². The molecule has 2 aliphatic rings. The topological polar surface area (TPSA) is 75.0 Å². The molecular formula is C15H18N4O2. The van der Waals surface area contributed by atoms with Gasteiger partial charge in [-0.15, -0.1) is 0 Å². The number of piperidine rings is 1. The zero-order valence-corrected chi connectivity index (χ0v) is 11.8. The first-order chi connectivity index (χ1) is 10.3. The van der Waals surface area contributed by atoms with Crippen LogP contribution in [0.15, 0.2) is 22.8 Å². The van der Waals surface area contributed by atoms with E-state index in [9.17, 15) is 4.79 Å². The van der Waals surface area contributed by atoms with E-state index >= 15 is 0 Å². The fourth-order valence-electron chi connectivity index (χ4n) is 2.96. The van der Waals surface area contributed by atoms with Crippen molar-refractivity contribution in [2.75, 3.05) is 6.54 Å². The van der Waals surface area contributed by atoms with E-state index in [-0.39, 0.29) is 11.9 Å². The monoisotopic (exact) mass is 286 g/mol. The average Bonchev–Trinajstić information content (AvgIpc) is 3.05. The Hall–Kier alpha value is -2.11. The molecule has 1 amide bonds. The highest BCUT2D eigenvalue weighted by atomic mass is 16.3. The third-order valence-corrected chi connectivity index (χ3v) is 4.27. The number of furan rings is 1. The molecule has 1 atom stereocenters. The van der Waals surface area contributed by atoms with E-state index in [4.69, 9.17) is 4.42 Å².